The Labute approximate surface area is 112 Å². The number of nitrogens with zero attached hydrogens (tertiary/aromatic N) is 2. The number of pyridine rings is 1. The number of aromatic nitrogens is 1. The van der Waals surface area contributed by atoms with E-state index in [4.69, 9.17) is 5.73 Å². The Balaban J connectivity index is 2.13. The molecule has 0 amide bonds. The maximum atomic E-state index is 13.4. The van der Waals surface area contributed by atoms with Gasteiger partial charge in [0, 0.05) is 18.2 Å². The van der Waals surface area contributed by atoms with Crippen molar-refractivity contribution in [3.63, 3.8) is 0 Å². The van der Waals surface area contributed by atoms with Gasteiger partial charge < -0.3 is 11.1 Å². The van der Waals surface area contributed by atoms with E-state index in [0.29, 0.717) is 0 Å². The van der Waals surface area contributed by atoms with Gasteiger partial charge in [0.2, 0.25) is 5.82 Å². The first-order valence-corrected chi connectivity index (χ1v) is 5.56. The van der Waals surface area contributed by atoms with E-state index in [9.17, 15) is 18.9 Å². The molecule has 1 aromatic carbocycles. The molecule has 2 aromatic rings. The number of nitrogens with one attached hydrogen (secondary N) is 1. The van der Waals surface area contributed by atoms with E-state index in [2.05, 4.69) is 10.3 Å². The molecule has 1 aromatic heterocycles. The van der Waals surface area contributed by atoms with E-state index in [0.717, 1.165) is 18.2 Å². The van der Waals surface area contributed by atoms with Crippen molar-refractivity contribution in [2.75, 3.05) is 11.1 Å². The first-order chi connectivity index (χ1) is 9.47. The highest BCUT2D eigenvalue weighted by atomic mass is 19.1. The highest BCUT2D eigenvalue weighted by Crippen LogP contribution is 2.21. The highest BCUT2D eigenvalue weighted by molar-refractivity contribution is 5.57. The molecule has 0 aliphatic heterocycles. The van der Waals surface area contributed by atoms with E-state index in [1.807, 2.05) is 0 Å². The zero-order valence-corrected chi connectivity index (χ0v) is 10.1. The fourth-order valence-electron chi connectivity index (χ4n) is 1.58. The van der Waals surface area contributed by atoms with Gasteiger partial charge >= 0.3 is 5.69 Å². The molecule has 20 heavy (non-hydrogen) atoms. The normalized spacial score (nSPS) is 10.3. The monoisotopic (exact) mass is 280 g/mol. The summed E-state index contributed by atoms with van der Waals surface area (Å²) < 4.78 is 26.4. The topological polar surface area (TPSA) is 94.1 Å². The van der Waals surface area contributed by atoms with Crippen LogP contribution in [0.1, 0.15) is 5.56 Å². The van der Waals surface area contributed by atoms with E-state index >= 15 is 0 Å². The second-order valence-electron chi connectivity index (χ2n) is 3.95. The van der Waals surface area contributed by atoms with Crippen molar-refractivity contribution in [2.24, 2.45) is 0 Å². The number of halogens is 2. The van der Waals surface area contributed by atoms with Crippen LogP contribution in [0.15, 0.2) is 30.3 Å². The molecule has 0 saturated carbocycles. The second kappa shape index (κ2) is 5.47. The van der Waals surface area contributed by atoms with Gasteiger partial charge in [-0.15, -0.1) is 0 Å². The van der Waals surface area contributed by atoms with Gasteiger partial charge in [0.25, 0.3) is 0 Å². The lowest BCUT2D eigenvalue weighted by molar-refractivity contribution is -0.384. The van der Waals surface area contributed by atoms with Crippen LogP contribution in [0.5, 0.6) is 0 Å². The Bertz CT molecular complexity index is 664. The van der Waals surface area contributed by atoms with Crippen LogP contribution in [0, 0.1) is 21.7 Å². The summed E-state index contributed by atoms with van der Waals surface area (Å²) in [4.78, 5) is 13.7. The molecule has 0 radical (unpaired) electrons. The summed E-state index contributed by atoms with van der Waals surface area (Å²) in [6.07, 6.45) is 0. The van der Waals surface area contributed by atoms with Crippen molar-refractivity contribution in [2.45, 2.75) is 6.54 Å². The molecule has 0 unspecified atom stereocenters. The van der Waals surface area contributed by atoms with Crippen LogP contribution in [0.2, 0.25) is 0 Å². The summed E-state index contributed by atoms with van der Waals surface area (Å²) in [7, 11) is 0. The number of hydrogen-bond donors (Lipinski definition) is 2. The van der Waals surface area contributed by atoms with Crippen LogP contribution < -0.4 is 11.1 Å². The largest absolute Gasteiger partial charge is 0.378 e. The van der Waals surface area contributed by atoms with Crippen LogP contribution >= 0.6 is 0 Å². The van der Waals surface area contributed by atoms with E-state index in [1.54, 1.807) is 0 Å². The Morgan fingerprint density at radius 3 is 2.70 bits per heavy atom. The van der Waals surface area contributed by atoms with E-state index in [1.165, 1.54) is 12.1 Å². The number of anilines is 2. The van der Waals surface area contributed by atoms with Crippen LogP contribution in [-0.2, 0) is 6.54 Å². The summed E-state index contributed by atoms with van der Waals surface area (Å²) in [6, 6.07) is 5.61. The fourth-order valence-corrected chi connectivity index (χ4v) is 1.58. The number of nitrogen functional groups attached to an aromatic ring is 1. The first kappa shape index (κ1) is 13.7. The van der Waals surface area contributed by atoms with Gasteiger partial charge in [-0.1, -0.05) is 0 Å². The third kappa shape index (κ3) is 2.97. The molecule has 0 spiro atoms. The van der Waals surface area contributed by atoms with Crippen LogP contribution in [-0.4, -0.2) is 9.91 Å². The van der Waals surface area contributed by atoms with Crippen molar-refractivity contribution in [1.82, 2.24) is 4.98 Å². The Kier molecular flexibility index (Phi) is 3.74. The molecule has 0 atom stereocenters. The van der Waals surface area contributed by atoms with E-state index in [-0.39, 0.29) is 29.4 Å². The number of rotatable bonds is 4. The minimum Gasteiger partial charge on any atom is -0.378 e. The molecule has 0 bridgehead atoms. The average molecular weight is 280 g/mol. The maximum Gasteiger partial charge on any atom is 0.311 e. The minimum absolute atomic E-state index is 0.0200. The summed E-state index contributed by atoms with van der Waals surface area (Å²) in [6.45, 7) is -0.0200. The summed E-state index contributed by atoms with van der Waals surface area (Å²) >= 11 is 0. The zero-order valence-electron chi connectivity index (χ0n) is 10.1. The molecular formula is C12H10F2N4O2. The fraction of sp³-hybridized carbons (Fsp3) is 0.0833. The third-order valence-corrected chi connectivity index (χ3v) is 2.57. The van der Waals surface area contributed by atoms with Gasteiger partial charge in [0.15, 0.2) is 0 Å². The Morgan fingerprint density at radius 2 is 2.05 bits per heavy atom. The number of benzene rings is 1. The molecule has 0 saturated heterocycles. The van der Waals surface area contributed by atoms with Crippen molar-refractivity contribution in [3.05, 3.63) is 57.6 Å². The predicted molar refractivity (Wildman–Crippen MR) is 69.0 cm³/mol. The number of nitro groups is 1. The van der Waals surface area contributed by atoms with Gasteiger partial charge in [-0.3, -0.25) is 10.1 Å². The maximum absolute atomic E-state index is 13.4. The van der Waals surface area contributed by atoms with Crippen molar-refractivity contribution in [1.29, 1.82) is 0 Å². The highest BCUT2D eigenvalue weighted by Gasteiger charge is 2.13. The molecule has 2 rings (SSSR count). The van der Waals surface area contributed by atoms with Crippen LogP contribution in [0.25, 0.3) is 0 Å². The van der Waals surface area contributed by atoms with Gasteiger partial charge in [-0.2, -0.15) is 0 Å². The lowest BCUT2D eigenvalue weighted by atomic mass is 10.2. The van der Waals surface area contributed by atoms with Crippen molar-refractivity contribution < 1.29 is 13.7 Å². The van der Waals surface area contributed by atoms with Crippen molar-refractivity contribution in [3.8, 4) is 0 Å². The standard InChI is InChI=1S/C12H10F2N4O2/c13-8-1-2-9(14)7(5-8)6-16-11-4-3-10(18(19)20)12(15)17-11/h1-5H,6H2,(H3,15,16,17). The van der Waals surface area contributed by atoms with Crippen LogP contribution in [0.4, 0.5) is 26.1 Å². The molecular weight excluding hydrogens is 270 g/mol. The zero-order chi connectivity index (χ0) is 14.7. The third-order valence-electron chi connectivity index (χ3n) is 2.57. The molecule has 0 aliphatic carbocycles. The van der Waals surface area contributed by atoms with Gasteiger partial charge in [-0.05, 0) is 24.3 Å². The number of hydrogen-bond acceptors (Lipinski definition) is 5. The molecule has 6 nitrogen and oxygen atoms in total. The van der Waals surface area contributed by atoms with Gasteiger partial charge in [0.05, 0.1) is 4.92 Å². The molecule has 0 fully saturated rings. The van der Waals surface area contributed by atoms with Crippen molar-refractivity contribution >= 4 is 17.3 Å². The van der Waals surface area contributed by atoms with E-state index < -0.39 is 16.6 Å². The smallest absolute Gasteiger partial charge is 0.311 e. The number of nitrogens with two attached hydrogens (primary N) is 1. The Hall–Kier alpha value is -2.77. The average Bonchev–Trinajstić information content (AvgIpc) is 2.39. The molecule has 3 N–H and O–H groups in total. The molecule has 0 aliphatic rings. The molecule has 104 valence electrons. The predicted octanol–water partition coefficient (Wildman–Crippen LogP) is 2.46. The minimum atomic E-state index is -0.654. The second-order valence-corrected chi connectivity index (χ2v) is 3.95. The lowest BCUT2D eigenvalue weighted by Crippen LogP contribution is -2.06. The first-order valence-electron chi connectivity index (χ1n) is 5.56. The molecule has 8 heteroatoms. The SMILES string of the molecule is Nc1nc(NCc2cc(F)ccc2F)ccc1[N+](=O)[O-]. The van der Waals surface area contributed by atoms with Gasteiger partial charge in [0.1, 0.15) is 17.5 Å². The van der Waals surface area contributed by atoms with Crippen LogP contribution in [0.3, 0.4) is 0 Å². The molecule has 1 heterocycles. The summed E-state index contributed by atoms with van der Waals surface area (Å²) in [5, 5.41) is 13.3. The lowest BCUT2D eigenvalue weighted by Gasteiger charge is -2.07. The summed E-state index contributed by atoms with van der Waals surface area (Å²) in [5.74, 6) is -1.13. The van der Waals surface area contributed by atoms with Gasteiger partial charge in [-0.25, -0.2) is 13.8 Å². The Morgan fingerprint density at radius 1 is 1.30 bits per heavy atom. The summed E-state index contributed by atoms with van der Waals surface area (Å²) in [5.41, 5.74) is 5.22. The quantitative estimate of drug-likeness (QED) is 0.662.